The van der Waals surface area contributed by atoms with Crippen molar-refractivity contribution in [3.8, 4) is 0 Å². The van der Waals surface area contributed by atoms with Gasteiger partial charge < -0.3 is 10.4 Å². The van der Waals surface area contributed by atoms with Crippen LogP contribution in [0.15, 0.2) is 18.2 Å². The van der Waals surface area contributed by atoms with E-state index in [1.807, 2.05) is 0 Å². The van der Waals surface area contributed by atoms with Gasteiger partial charge in [-0.2, -0.15) is 0 Å². The maximum Gasteiger partial charge on any atom is 0.0635 e. The normalized spacial score (nSPS) is 12.9. The van der Waals surface area contributed by atoms with Crippen molar-refractivity contribution in [3.63, 3.8) is 0 Å². The SMILES string of the molecule is Cc1cc(C)cc(N[C@H](CO)C(C)C)c1. The van der Waals surface area contributed by atoms with E-state index in [1.54, 1.807) is 0 Å². The predicted octanol–water partition coefficient (Wildman–Crippen LogP) is 2.73. The van der Waals surface area contributed by atoms with Gasteiger partial charge in [0, 0.05) is 5.69 Å². The molecule has 0 bridgehead atoms. The Labute approximate surface area is 92.3 Å². The van der Waals surface area contributed by atoms with E-state index < -0.39 is 0 Å². The first-order chi connectivity index (χ1) is 7.02. The summed E-state index contributed by atoms with van der Waals surface area (Å²) in [6.45, 7) is 8.56. The topological polar surface area (TPSA) is 32.3 Å². The standard InChI is InChI=1S/C13H21NO/c1-9(2)13(8-15)14-12-6-10(3)5-11(4)7-12/h5-7,9,13-15H,8H2,1-4H3/t13-/m1/s1. The van der Waals surface area contributed by atoms with E-state index in [4.69, 9.17) is 0 Å². The van der Waals surface area contributed by atoms with Crippen molar-refractivity contribution in [1.82, 2.24) is 0 Å². The second-order valence-corrected chi connectivity index (χ2v) is 4.55. The molecule has 0 saturated heterocycles. The van der Waals surface area contributed by atoms with Crippen LogP contribution in [0.25, 0.3) is 0 Å². The van der Waals surface area contributed by atoms with E-state index in [0.717, 1.165) is 5.69 Å². The van der Waals surface area contributed by atoms with Crippen LogP contribution >= 0.6 is 0 Å². The van der Waals surface area contributed by atoms with Crippen LogP contribution in [0, 0.1) is 19.8 Å². The van der Waals surface area contributed by atoms with Crippen LogP contribution in [0.1, 0.15) is 25.0 Å². The lowest BCUT2D eigenvalue weighted by Crippen LogP contribution is -2.29. The van der Waals surface area contributed by atoms with Gasteiger partial charge in [-0.25, -0.2) is 0 Å². The summed E-state index contributed by atoms with van der Waals surface area (Å²) < 4.78 is 0. The molecule has 0 spiro atoms. The third-order valence-electron chi connectivity index (χ3n) is 2.58. The molecule has 0 aromatic heterocycles. The molecule has 0 fully saturated rings. The van der Waals surface area contributed by atoms with Crippen molar-refractivity contribution >= 4 is 5.69 Å². The number of aryl methyl sites for hydroxylation is 2. The Kier molecular flexibility index (Phi) is 4.15. The summed E-state index contributed by atoms with van der Waals surface area (Å²) in [6.07, 6.45) is 0. The zero-order valence-electron chi connectivity index (χ0n) is 10.0. The molecule has 2 nitrogen and oxygen atoms in total. The van der Waals surface area contributed by atoms with Crippen LogP contribution in [0.5, 0.6) is 0 Å². The highest BCUT2D eigenvalue weighted by Crippen LogP contribution is 2.16. The first-order valence-electron chi connectivity index (χ1n) is 5.48. The number of hydrogen-bond donors (Lipinski definition) is 2. The van der Waals surface area contributed by atoms with Crippen LogP contribution in [-0.2, 0) is 0 Å². The fraction of sp³-hybridized carbons (Fsp3) is 0.538. The number of nitrogens with one attached hydrogen (secondary N) is 1. The number of anilines is 1. The molecule has 1 rings (SSSR count). The highest BCUT2D eigenvalue weighted by Gasteiger charge is 2.11. The Balaban J connectivity index is 2.79. The third kappa shape index (κ3) is 3.56. The first kappa shape index (κ1) is 12.1. The molecule has 2 N–H and O–H groups in total. The van der Waals surface area contributed by atoms with E-state index in [0.29, 0.717) is 5.92 Å². The lowest BCUT2D eigenvalue weighted by molar-refractivity contribution is 0.249. The Hall–Kier alpha value is -1.02. The van der Waals surface area contributed by atoms with Crippen molar-refractivity contribution in [1.29, 1.82) is 0 Å². The number of aliphatic hydroxyl groups excluding tert-OH is 1. The fourth-order valence-electron chi connectivity index (χ4n) is 1.70. The van der Waals surface area contributed by atoms with Crippen molar-refractivity contribution in [3.05, 3.63) is 29.3 Å². The molecular weight excluding hydrogens is 186 g/mol. The molecule has 0 aliphatic rings. The van der Waals surface area contributed by atoms with Crippen LogP contribution in [0.3, 0.4) is 0 Å². The Bertz CT molecular complexity index is 300. The van der Waals surface area contributed by atoms with Gasteiger partial charge in [-0.15, -0.1) is 0 Å². The minimum Gasteiger partial charge on any atom is -0.394 e. The first-order valence-corrected chi connectivity index (χ1v) is 5.48. The largest absolute Gasteiger partial charge is 0.394 e. The molecule has 0 amide bonds. The van der Waals surface area contributed by atoms with E-state index in [2.05, 4.69) is 51.2 Å². The third-order valence-corrected chi connectivity index (χ3v) is 2.58. The second kappa shape index (κ2) is 5.17. The van der Waals surface area contributed by atoms with Crippen LogP contribution in [0.4, 0.5) is 5.69 Å². The number of rotatable bonds is 4. The van der Waals surface area contributed by atoms with Gasteiger partial charge in [0.25, 0.3) is 0 Å². The lowest BCUT2D eigenvalue weighted by Gasteiger charge is -2.21. The van der Waals surface area contributed by atoms with E-state index in [1.165, 1.54) is 11.1 Å². The molecular formula is C13H21NO. The average molecular weight is 207 g/mol. The number of aliphatic hydroxyl groups is 1. The van der Waals surface area contributed by atoms with Crippen molar-refractivity contribution in [2.75, 3.05) is 11.9 Å². The van der Waals surface area contributed by atoms with Gasteiger partial charge in [0.2, 0.25) is 0 Å². The van der Waals surface area contributed by atoms with E-state index in [9.17, 15) is 5.11 Å². The van der Waals surface area contributed by atoms with Gasteiger partial charge in [-0.1, -0.05) is 19.9 Å². The second-order valence-electron chi connectivity index (χ2n) is 4.55. The van der Waals surface area contributed by atoms with Crippen LogP contribution in [0.2, 0.25) is 0 Å². The molecule has 1 atom stereocenters. The Morgan fingerprint density at radius 1 is 1.13 bits per heavy atom. The van der Waals surface area contributed by atoms with Gasteiger partial charge in [0.1, 0.15) is 0 Å². The minimum absolute atomic E-state index is 0.131. The molecule has 0 heterocycles. The highest BCUT2D eigenvalue weighted by atomic mass is 16.3. The monoisotopic (exact) mass is 207 g/mol. The Morgan fingerprint density at radius 2 is 1.67 bits per heavy atom. The molecule has 84 valence electrons. The summed E-state index contributed by atoms with van der Waals surface area (Å²) in [4.78, 5) is 0. The zero-order chi connectivity index (χ0) is 11.4. The maximum absolute atomic E-state index is 9.23. The number of hydrogen-bond acceptors (Lipinski definition) is 2. The summed E-state index contributed by atoms with van der Waals surface area (Å²) in [5.74, 6) is 0.427. The molecule has 1 aromatic carbocycles. The van der Waals surface area contributed by atoms with Crippen LogP contribution < -0.4 is 5.32 Å². The molecule has 0 aliphatic carbocycles. The molecule has 0 aliphatic heterocycles. The van der Waals surface area contributed by atoms with Gasteiger partial charge in [-0.05, 0) is 43.0 Å². The van der Waals surface area contributed by atoms with Crippen LogP contribution in [-0.4, -0.2) is 17.8 Å². The summed E-state index contributed by atoms with van der Waals surface area (Å²) in [5, 5.41) is 12.6. The predicted molar refractivity (Wildman–Crippen MR) is 65.3 cm³/mol. The highest BCUT2D eigenvalue weighted by molar-refractivity contribution is 5.49. The molecule has 1 aromatic rings. The quantitative estimate of drug-likeness (QED) is 0.795. The zero-order valence-corrected chi connectivity index (χ0v) is 10.0. The van der Waals surface area contributed by atoms with E-state index in [-0.39, 0.29) is 12.6 Å². The smallest absolute Gasteiger partial charge is 0.0635 e. The fourth-order valence-corrected chi connectivity index (χ4v) is 1.70. The molecule has 0 saturated carbocycles. The number of benzene rings is 1. The van der Waals surface area contributed by atoms with Crippen molar-refractivity contribution < 1.29 is 5.11 Å². The molecule has 0 radical (unpaired) electrons. The van der Waals surface area contributed by atoms with Crippen molar-refractivity contribution in [2.24, 2.45) is 5.92 Å². The average Bonchev–Trinajstić information content (AvgIpc) is 2.12. The molecule has 2 heteroatoms. The summed E-state index contributed by atoms with van der Waals surface area (Å²) >= 11 is 0. The van der Waals surface area contributed by atoms with Crippen molar-refractivity contribution in [2.45, 2.75) is 33.7 Å². The molecule has 15 heavy (non-hydrogen) atoms. The van der Waals surface area contributed by atoms with Gasteiger partial charge in [0.05, 0.1) is 12.6 Å². The summed E-state index contributed by atoms with van der Waals surface area (Å²) in [5.41, 5.74) is 3.59. The van der Waals surface area contributed by atoms with Gasteiger partial charge >= 0.3 is 0 Å². The summed E-state index contributed by atoms with van der Waals surface area (Å²) in [6, 6.07) is 6.50. The van der Waals surface area contributed by atoms with Gasteiger partial charge in [-0.3, -0.25) is 0 Å². The van der Waals surface area contributed by atoms with E-state index >= 15 is 0 Å². The molecule has 0 unspecified atom stereocenters. The maximum atomic E-state index is 9.23. The summed E-state index contributed by atoms with van der Waals surface area (Å²) in [7, 11) is 0. The Morgan fingerprint density at radius 3 is 2.07 bits per heavy atom. The lowest BCUT2D eigenvalue weighted by atomic mass is 10.0. The minimum atomic E-state index is 0.131. The van der Waals surface area contributed by atoms with Gasteiger partial charge in [0.15, 0.2) is 0 Å².